The van der Waals surface area contributed by atoms with Crippen LogP contribution in [0, 0.1) is 5.92 Å². The lowest BCUT2D eigenvalue weighted by Gasteiger charge is -2.21. The predicted octanol–water partition coefficient (Wildman–Crippen LogP) is 4.44. The van der Waals surface area contributed by atoms with Crippen LogP contribution in [-0.2, 0) is 0 Å². The lowest BCUT2D eigenvalue weighted by atomic mass is 10.00. The van der Waals surface area contributed by atoms with Crippen molar-refractivity contribution in [1.29, 1.82) is 0 Å². The molecule has 0 bridgehead atoms. The van der Waals surface area contributed by atoms with Crippen molar-refractivity contribution < 1.29 is 0 Å². The molecule has 0 aliphatic heterocycles. The molecule has 1 aromatic carbocycles. The van der Waals surface area contributed by atoms with E-state index in [1.165, 1.54) is 4.90 Å². The summed E-state index contributed by atoms with van der Waals surface area (Å²) < 4.78 is 0. The van der Waals surface area contributed by atoms with Crippen LogP contribution in [0.4, 0.5) is 5.69 Å². The van der Waals surface area contributed by atoms with Gasteiger partial charge >= 0.3 is 0 Å². The number of nitrogen functional groups attached to an aromatic ring is 1. The molecule has 2 N–H and O–H groups in total. The Morgan fingerprint density at radius 1 is 1.06 bits per heavy atom. The normalized spacial score (nSPS) is 26.3. The van der Waals surface area contributed by atoms with Crippen LogP contribution in [-0.4, -0.2) is 5.25 Å². The highest BCUT2D eigenvalue weighted by Crippen LogP contribution is 2.35. The molecule has 2 rings (SSSR count). The van der Waals surface area contributed by atoms with Crippen molar-refractivity contribution in [3.63, 3.8) is 0 Å². The van der Waals surface area contributed by atoms with Crippen LogP contribution in [0.1, 0.15) is 13.3 Å². The van der Waals surface area contributed by atoms with E-state index in [1.807, 2.05) is 30.0 Å². The first-order chi connectivity index (χ1) is 8.81. The molecule has 1 aliphatic carbocycles. The van der Waals surface area contributed by atoms with Crippen molar-refractivity contribution in [3.05, 3.63) is 60.7 Å². The molecule has 2 atom stereocenters. The number of thioether (sulfide) groups is 1. The molecule has 18 heavy (non-hydrogen) atoms. The van der Waals surface area contributed by atoms with Gasteiger partial charge in [-0.15, -0.1) is 11.8 Å². The van der Waals surface area contributed by atoms with Gasteiger partial charge in [-0.05, 0) is 24.5 Å². The third-order valence-electron chi connectivity index (χ3n) is 3.07. The molecule has 0 saturated carbocycles. The van der Waals surface area contributed by atoms with Crippen LogP contribution >= 0.6 is 11.8 Å². The zero-order valence-corrected chi connectivity index (χ0v) is 11.4. The summed E-state index contributed by atoms with van der Waals surface area (Å²) in [5, 5.41) is 0.445. The van der Waals surface area contributed by atoms with Gasteiger partial charge in [-0.3, -0.25) is 0 Å². The summed E-state index contributed by atoms with van der Waals surface area (Å²) in [6, 6.07) is 8.08. The summed E-state index contributed by atoms with van der Waals surface area (Å²) in [7, 11) is 0. The number of rotatable bonds is 3. The van der Waals surface area contributed by atoms with Crippen molar-refractivity contribution >= 4 is 17.4 Å². The molecule has 0 fully saturated rings. The fraction of sp³-hybridized carbons (Fsp3) is 0.250. The highest BCUT2D eigenvalue weighted by molar-refractivity contribution is 8.00. The Kier molecular flexibility index (Phi) is 4.71. The van der Waals surface area contributed by atoms with Crippen LogP contribution in [0.2, 0.25) is 0 Å². The molecule has 1 aromatic rings. The van der Waals surface area contributed by atoms with E-state index in [9.17, 15) is 0 Å². The highest BCUT2D eigenvalue weighted by atomic mass is 32.2. The molecule has 0 spiro atoms. The van der Waals surface area contributed by atoms with Gasteiger partial charge in [0, 0.05) is 15.8 Å². The molecule has 1 nitrogen and oxygen atoms in total. The highest BCUT2D eigenvalue weighted by Gasteiger charge is 2.17. The molecule has 2 heteroatoms. The number of allylic oxidation sites excluding steroid dienone is 5. The van der Waals surface area contributed by atoms with E-state index in [1.54, 1.807) is 0 Å². The quantitative estimate of drug-likeness (QED) is 0.810. The lowest BCUT2D eigenvalue weighted by molar-refractivity contribution is 0.650. The van der Waals surface area contributed by atoms with Crippen LogP contribution < -0.4 is 5.73 Å². The average molecular weight is 257 g/mol. The summed E-state index contributed by atoms with van der Waals surface area (Å²) in [6.45, 7) is 2.23. The maximum absolute atomic E-state index is 6.02. The monoisotopic (exact) mass is 257 g/mol. The Bertz CT molecular complexity index is 474. The van der Waals surface area contributed by atoms with Gasteiger partial charge < -0.3 is 5.73 Å². The summed E-state index contributed by atoms with van der Waals surface area (Å²) in [5.74, 6) is 0.552. The number of anilines is 1. The number of nitrogens with two attached hydrogens (primary N) is 1. The van der Waals surface area contributed by atoms with Crippen LogP contribution in [0.25, 0.3) is 0 Å². The lowest BCUT2D eigenvalue weighted by Crippen LogP contribution is -2.12. The molecule has 0 aromatic heterocycles. The molecular weight excluding hydrogens is 238 g/mol. The number of hydrogen-bond donors (Lipinski definition) is 1. The first-order valence-electron chi connectivity index (χ1n) is 6.34. The van der Waals surface area contributed by atoms with Crippen molar-refractivity contribution in [2.75, 3.05) is 5.73 Å². The Morgan fingerprint density at radius 3 is 2.50 bits per heavy atom. The Balaban J connectivity index is 2.20. The molecule has 0 radical (unpaired) electrons. The largest absolute Gasteiger partial charge is 0.398 e. The van der Waals surface area contributed by atoms with Gasteiger partial charge in [0.1, 0.15) is 0 Å². The second-order valence-corrected chi connectivity index (χ2v) is 5.57. The smallest absolute Gasteiger partial charge is 0.0452 e. The minimum absolute atomic E-state index is 0.445. The predicted molar refractivity (Wildman–Crippen MR) is 81.7 cm³/mol. The molecular formula is C16H19NS. The molecule has 2 unspecified atom stereocenters. The topological polar surface area (TPSA) is 26.0 Å². The van der Waals surface area contributed by atoms with Gasteiger partial charge in [-0.25, -0.2) is 0 Å². The van der Waals surface area contributed by atoms with Crippen molar-refractivity contribution in [3.8, 4) is 0 Å². The fourth-order valence-electron chi connectivity index (χ4n) is 1.99. The van der Waals surface area contributed by atoms with Crippen LogP contribution in [0.3, 0.4) is 0 Å². The van der Waals surface area contributed by atoms with Gasteiger partial charge in [-0.1, -0.05) is 55.5 Å². The minimum atomic E-state index is 0.445. The zero-order valence-electron chi connectivity index (χ0n) is 10.6. The van der Waals surface area contributed by atoms with E-state index >= 15 is 0 Å². The van der Waals surface area contributed by atoms with Crippen molar-refractivity contribution in [2.24, 2.45) is 5.92 Å². The van der Waals surface area contributed by atoms with Gasteiger partial charge in [0.2, 0.25) is 0 Å². The number of benzene rings is 1. The zero-order chi connectivity index (χ0) is 12.8. The number of para-hydroxylation sites is 1. The van der Waals surface area contributed by atoms with E-state index in [0.717, 1.165) is 12.1 Å². The fourth-order valence-corrected chi connectivity index (χ4v) is 3.27. The van der Waals surface area contributed by atoms with Crippen LogP contribution in [0.5, 0.6) is 0 Å². The van der Waals surface area contributed by atoms with E-state index in [-0.39, 0.29) is 0 Å². The third-order valence-corrected chi connectivity index (χ3v) is 4.47. The van der Waals surface area contributed by atoms with Gasteiger partial charge in [0.25, 0.3) is 0 Å². The van der Waals surface area contributed by atoms with E-state index in [0.29, 0.717) is 11.2 Å². The number of hydrogen-bond acceptors (Lipinski definition) is 2. The molecule has 94 valence electrons. The SMILES string of the molecule is CCC1/C=C\C=C/C=CC1Sc1ccccc1N. The molecule has 1 aliphatic rings. The Morgan fingerprint density at radius 2 is 1.78 bits per heavy atom. The first kappa shape index (κ1) is 13.0. The third kappa shape index (κ3) is 3.30. The van der Waals surface area contributed by atoms with Gasteiger partial charge in [0.15, 0.2) is 0 Å². The van der Waals surface area contributed by atoms with Gasteiger partial charge in [-0.2, -0.15) is 0 Å². The summed E-state index contributed by atoms with van der Waals surface area (Å²) in [4.78, 5) is 1.17. The molecule has 0 saturated heterocycles. The van der Waals surface area contributed by atoms with E-state index in [4.69, 9.17) is 5.73 Å². The summed E-state index contributed by atoms with van der Waals surface area (Å²) in [6.07, 6.45) is 14.1. The standard InChI is InChI=1S/C16H19NS/c1-2-13-9-5-3-4-6-11-15(13)18-16-12-8-7-10-14(16)17/h3-13,15H,2,17H2,1H3/b4-3-,9-5-,11-6?. The first-order valence-corrected chi connectivity index (χ1v) is 7.22. The summed E-state index contributed by atoms with van der Waals surface area (Å²) in [5.41, 5.74) is 6.89. The second kappa shape index (κ2) is 6.50. The Labute approximate surface area is 113 Å². The maximum atomic E-state index is 6.02. The van der Waals surface area contributed by atoms with E-state index < -0.39 is 0 Å². The van der Waals surface area contributed by atoms with Crippen molar-refractivity contribution in [2.45, 2.75) is 23.5 Å². The average Bonchev–Trinajstić information content (AvgIpc) is 2.35. The Hall–Kier alpha value is -1.41. The second-order valence-electron chi connectivity index (χ2n) is 4.35. The summed E-state index contributed by atoms with van der Waals surface area (Å²) >= 11 is 1.85. The molecule has 0 amide bonds. The van der Waals surface area contributed by atoms with Crippen molar-refractivity contribution in [1.82, 2.24) is 0 Å². The minimum Gasteiger partial charge on any atom is -0.398 e. The van der Waals surface area contributed by atoms with Crippen LogP contribution in [0.15, 0.2) is 65.6 Å². The van der Waals surface area contributed by atoms with E-state index in [2.05, 4.69) is 49.4 Å². The maximum Gasteiger partial charge on any atom is 0.0452 e. The van der Waals surface area contributed by atoms with Gasteiger partial charge in [0.05, 0.1) is 0 Å². The molecule has 0 heterocycles.